The predicted octanol–water partition coefficient (Wildman–Crippen LogP) is 3.32. The molecule has 8 nitrogen and oxygen atoms in total. The molecule has 4 aliphatic rings. The van der Waals surface area contributed by atoms with Gasteiger partial charge in [0.15, 0.2) is 0 Å². The molecule has 2 aromatic rings. The minimum Gasteiger partial charge on any atom is -0.394 e. The summed E-state index contributed by atoms with van der Waals surface area (Å²) in [5.74, 6) is 4.47. The average Bonchev–Trinajstić information content (AvgIpc) is 3.33. The van der Waals surface area contributed by atoms with E-state index >= 15 is 0 Å². The third kappa shape index (κ3) is 4.09. The maximum atomic E-state index is 13.1. The number of hydrogen-bond acceptors (Lipinski definition) is 8. The number of fused-ring (bicyclic) bond motifs is 2. The molecule has 0 spiro atoms. The van der Waals surface area contributed by atoms with Gasteiger partial charge in [0.1, 0.15) is 16.5 Å². The lowest BCUT2D eigenvalue weighted by Gasteiger charge is -2.42. The van der Waals surface area contributed by atoms with Gasteiger partial charge in [0.25, 0.3) is 0 Å². The van der Waals surface area contributed by atoms with Crippen LogP contribution in [0.15, 0.2) is 17.3 Å². The standard InChI is InChI=1S/C24H31ClN6O2S/c25-18-10-26-21(27-11-18)15-8-16-12-31(13-17(16)9-15)23-28-19-4-1-2-7-34(33)20(19)22(29-23)30-24(14-32)5-3-6-24/h10-11,15-17,32H,1-9,12-14H2,(H,28,29,30)/t15?,16?,17?,34-/m1/s1. The number of hydrogen-bond donors (Lipinski definition) is 2. The van der Waals surface area contributed by atoms with Crippen molar-refractivity contribution < 1.29 is 9.32 Å². The van der Waals surface area contributed by atoms with Crippen LogP contribution in [0, 0.1) is 11.8 Å². The van der Waals surface area contributed by atoms with E-state index in [-0.39, 0.29) is 12.1 Å². The van der Waals surface area contributed by atoms with Gasteiger partial charge in [0, 0.05) is 37.2 Å². The molecular weight excluding hydrogens is 472 g/mol. The number of aliphatic hydroxyl groups excluding tert-OH is 1. The molecule has 2 aliphatic heterocycles. The number of aliphatic hydroxyl groups is 1. The largest absolute Gasteiger partial charge is 0.394 e. The number of halogens is 1. The molecule has 0 radical (unpaired) electrons. The monoisotopic (exact) mass is 502 g/mol. The van der Waals surface area contributed by atoms with Crippen LogP contribution in [0.5, 0.6) is 0 Å². The Hall–Kier alpha value is -1.84. The number of rotatable bonds is 5. The molecule has 2 aromatic heterocycles. The summed E-state index contributed by atoms with van der Waals surface area (Å²) in [6, 6.07) is 0. The highest BCUT2D eigenvalue weighted by Gasteiger charge is 2.44. The van der Waals surface area contributed by atoms with Crippen LogP contribution >= 0.6 is 11.6 Å². The number of anilines is 2. The molecule has 2 aliphatic carbocycles. The smallest absolute Gasteiger partial charge is 0.227 e. The van der Waals surface area contributed by atoms with Crippen LogP contribution in [-0.2, 0) is 17.2 Å². The van der Waals surface area contributed by atoms with Crippen LogP contribution in [-0.4, -0.2) is 60.2 Å². The summed E-state index contributed by atoms with van der Waals surface area (Å²) >= 11 is 5.96. The lowest BCUT2D eigenvalue weighted by molar-refractivity contribution is 0.143. The lowest BCUT2D eigenvalue weighted by Crippen LogP contribution is -2.49. The van der Waals surface area contributed by atoms with Gasteiger partial charge in [-0.2, -0.15) is 4.98 Å². The van der Waals surface area contributed by atoms with Gasteiger partial charge < -0.3 is 15.3 Å². The Morgan fingerprint density at radius 3 is 2.50 bits per heavy atom. The minimum absolute atomic E-state index is 0.0652. The summed E-state index contributed by atoms with van der Waals surface area (Å²) in [5, 5.41) is 14.1. The molecule has 10 heteroatoms. The fourth-order valence-electron chi connectivity index (χ4n) is 6.13. The molecule has 3 fully saturated rings. The van der Waals surface area contributed by atoms with Crippen molar-refractivity contribution in [3.63, 3.8) is 0 Å². The maximum absolute atomic E-state index is 13.1. The maximum Gasteiger partial charge on any atom is 0.227 e. The molecule has 1 saturated heterocycles. The molecule has 0 amide bonds. The van der Waals surface area contributed by atoms with Crippen molar-refractivity contribution in [3.8, 4) is 0 Å². The van der Waals surface area contributed by atoms with Crippen molar-refractivity contribution in [1.29, 1.82) is 0 Å². The Balaban J connectivity index is 1.25. The van der Waals surface area contributed by atoms with Crippen LogP contribution in [0.3, 0.4) is 0 Å². The van der Waals surface area contributed by atoms with Gasteiger partial charge in [0.05, 0.1) is 33.7 Å². The van der Waals surface area contributed by atoms with Gasteiger partial charge >= 0.3 is 0 Å². The van der Waals surface area contributed by atoms with E-state index in [9.17, 15) is 9.32 Å². The Bertz CT molecular complexity index is 1080. The van der Waals surface area contributed by atoms with Crippen molar-refractivity contribution in [2.45, 2.75) is 67.7 Å². The molecular formula is C24H31ClN6O2S. The SMILES string of the molecule is O=[S@@]1CCCCc2nc(N3CC4CC(c5ncc(Cl)cn5)CC4C3)nc(NC3(CO)CCC3)c21. The summed E-state index contributed by atoms with van der Waals surface area (Å²) in [7, 11) is -1.11. The van der Waals surface area contributed by atoms with Gasteiger partial charge in [0.2, 0.25) is 5.95 Å². The summed E-state index contributed by atoms with van der Waals surface area (Å²) in [6.45, 7) is 1.90. The molecule has 0 bridgehead atoms. The minimum atomic E-state index is -1.11. The second kappa shape index (κ2) is 8.99. The number of nitrogens with one attached hydrogen (secondary N) is 1. The van der Waals surface area contributed by atoms with Crippen molar-refractivity contribution in [2.24, 2.45) is 11.8 Å². The number of nitrogens with zero attached hydrogens (tertiary/aromatic N) is 5. The topological polar surface area (TPSA) is 104 Å². The molecule has 6 rings (SSSR count). The van der Waals surface area contributed by atoms with Gasteiger partial charge in [-0.15, -0.1) is 0 Å². The Morgan fingerprint density at radius 1 is 1.12 bits per heavy atom. The van der Waals surface area contributed by atoms with E-state index in [0.717, 1.165) is 86.8 Å². The third-order valence-corrected chi connectivity index (χ3v) is 9.92. The quantitative estimate of drug-likeness (QED) is 0.641. The Kier molecular flexibility index (Phi) is 5.98. The molecule has 182 valence electrons. The first-order chi connectivity index (χ1) is 16.5. The third-order valence-electron chi connectivity index (χ3n) is 8.18. The van der Waals surface area contributed by atoms with Crippen molar-refractivity contribution in [3.05, 3.63) is 28.9 Å². The lowest BCUT2D eigenvalue weighted by atomic mass is 9.77. The summed E-state index contributed by atoms with van der Waals surface area (Å²) in [6.07, 6.45) is 11.2. The summed E-state index contributed by atoms with van der Waals surface area (Å²) in [4.78, 5) is 21.9. The van der Waals surface area contributed by atoms with E-state index < -0.39 is 10.8 Å². The second-order valence-electron chi connectivity index (χ2n) is 10.4. The first-order valence-corrected chi connectivity index (χ1v) is 14.1. The van der Waals surface area contributed by atoms with Gasteiger partial charge in [-0.05, 0) is 63.2 Å². The zero-order valence-corrected chi connectivity index (χ0v) is 20.8. The first-order valence-electron chi connectivity index (χ1n) is 12.4. The molecule has 2 N–H and O–H groups in total. The molecule has 2 unspecified atom stereocenters. The van der Waals surface area contributed by atoms with E-state index in [1.165, 1.54) is 0 Å². The van der Waals surface area contributed by atoms with Crippen molar-refractivity contribution in [1.82, 2.24) is 19.9 Å². The van der Waals surface area contributed by atoms with Crippen LogP contribution in [0.1, 0.15) is 62.4 Å². The normalized spacial score (nSPS) is 29.8. The highest BCUT2D eigenvalue weighted by Crippen LogP contribution is 2.46. The van der Waals surface area contributed by atoms with E-state index in [1.807, 2.05) is 0 Å². The summed E-state index contributed by atoms with van der Waals surface area (Å²) in [5.41, 5.74) is 0.573. The zero-order valence-electron chi connectivity index (χ0n) is 19.2. The zero-order chi connectivity index (χ0) is 23.3. The highest BCUT2D eigenvalue weighted by molar-refractivity contribution is 7.85. The fraction of sp³-hybridized carbons (Fsp3) is 0.667. The number of aryl methyl sites for hydroxylation is 1. The van der Waals surface area contributed by atoms with Crippen molar-refractivity contribution in [2.75, 3.05) is 35.7 Å². The average molecular weight is 503 g/mol. The Labute approximate surface area is 207 Å². The van der Waals surface area contributed by atoms with Gasteiger partial charge in [-0.3, -0.25) is 4.21 Å². The van der Waals surface area contributed by atoms with Crippen LogP contribution in [0.25, 0.3) is 0 Å². The molecule has 3 atom stereocenters. The van der Waals surface area contributed by atoms with E-state index in [1.54, 1.807) is 12.4 Å². The van der Waals surface area contributed by atoms with Gasteiger partial charge in [-0.1, -0.05) is 11.6 Å². The van der Waals surface area contributed by atoms with Crippen molar-refractivity contribution >= 4 is 34.2 Å². The van der Waals surface area contributed by atoms with Crippen LogP contribution in [0.2, 0.25) is 5.02 Å². The Morgan fingerprint density at radius 2 is 1.85 bits per heavy atom. The van der Waals surface area contributed by atoms with E-state index in [2.05, 4.69) is 20.2 Å². The molecule has 0 aromatic carbocycles. The predicted molar refractivity (Wildman–Crippen MR) is 132 cm³/mol. The van der Waals surface area contributed by atoms with Crippen LogP contribution in [0.4, 0.5) is 11.8 Å². The number of aromatic nitrogens is 4. The van der Waals surface area contributed by atoms with Crippen LogP contribution < -0.4 is 10.2 Å². The molecule has 34 heavy (non-hydrogen) atoms. The summed E-state index contributed by atoms with van der Waals surface area (Å²) < 4.78 is 13.1. The first kappa shape index (κ1) is 22.6. The van der Waals surface area contributed by atoms with E-state index in [4.69, 9.17) is 21.6 Å². The second-order valence-corrected chi connectivity index (χ2v) is 12.4. The van der Waals surface area contributed by atoms with Gasteiger partial charge in [-0.25, -0.2) is 15.0 Å². The highest BCUT2D eigenvalue weighted by atomic mass is 35.5. The molecule has 2 saturated carbocycles. The molecule has 4 heterocycles. The fourth-order valence-corrected chi connectivity index (χ4v) is 7.62. The van der Waals surface area contributed by atoms with E-state index in [0.29, 0.717) is 34.3 Å².